The van der Waals surface area contributed by atoms with Crippen LogP contribution in [0, 0.1) is 0 Å². The highest BCUT2D eigenvalue weighted by Crippen LogP contribution is 2.45. The van der Waals surface area contributed by atoms with Crippen molar-refractivity contribution in [2.45, 2.75) is 36.9 Å². The van der Waals surface area contributed by atoms with E-state index in [0.717, 1.165) is 4.90 Å². The third-order valence-corrected chi connectivity index (χ3v) is 4.98. The summed E-state index contributed by atoms with van der Waals surface area (Å²) in [6, 6.07) is 0. The standard InChI is InChI=1S/C13H16F2N2O3S/c14-13(15,12(19)2-1-3-12)11(18)17-5-6-20-9(8-17)10-16-4-7-21-10/h4,7,9,19H,1-3,5-6,8H2. The number of thiazole rings is 1. The van der Waals surface area contributed by atoms with Gasteiger partial charge < -0.3 is 14.7 Å². The molecule has 0 aromatic carbocycles. The zero-order valence-corrected chi connectivity index (χ0v) is 12.1. The normalized spacial score (nSPS) is 25.5. The van der Waals surface area contributed by atoms with Gasteiger partial charge in [0.05, 0.1) is 13.2 Å². The minimum absolute atomic E-state index is 0.0357. The van der Waals surface area contributed by atoms with E-state index in [4.69, 9.17) is 4.74 Å². The van der Waals surface area contributed by atoms with Gasteiger partial charge >= 0.3 is 5.92 Å². The number of hydrogen-bond donors (Lipinski definition) is 1. The van der Waals surface area contributed by atoms with E-state index in [1.807, 2.05) is 0 Å². The van der Waals surface area contributed by atoms with Gasteiger partial charge in [0.1, 0.15) is 16.7 Å². The zero-order chi connectivity index (χ0) is 15.1. The van der Waals surface area contributed by atoms with Crippen molar-refractivity contribution in [1.29, 1.82) is 0 Å². The lowest BCUT2D eigenvalue weighted by Crippen LogP contribution is -2.62. The Kier molecular flexibility index (Phi) is 3.71. The van der Waals surface area contributed by atoms with Crippen LogP contribution in [0.15, 0.2) is 11.6 Å². The minimum atomic E-state index is -3.74. The van der Waals surface area contributed by atoms with Crippen LogP contribution in [-0.4, -0.2) is 52.1 Å². The predicted molar refractivity (Wildman–Crippen MR) is 71.1 cm³/mol. The van der Waals surface area contributed by atoms with Crippen molar-refractivity contribution in [1.82, 2.24) is 9.88 Å². The Morgan fingerprint density at radius 2 is 2.33 bits per heavy atom. The zero-order valence-electron chi connectivity index (χ0n) is 11.3. The quantitative estimate of drug-likeness (QED) is 0.919. The fraction of sp³-hybridized carbons (Fsp3) is 0.692. The molecule has 8 heteroatoms. The van der Waals surface area contributed by atoms with Gasteiger partial charge in [-0.05, 0) is 19.3 Å². The highest BCUT2D eigenvalue weighted by molar-refractivity contribution is 7.09. The number of rotatable bonds is 3. The number of morpholine rings is 1. The van der Waals surface area contributed by atoms with Crippen molar-refractivity contribution >= 4 is 17.2 Å². The number of carbonyl (C=O) groups is 1. The summed E-state index contributed by atoms with van der Waals surface area (Å²) in [4.78, 5) is 17.3. The lowest BCUT2D eigenvalue weighted by atomic mass is 9.75. The van der Waals surface area contributed by atoms with Crippen molar-refractivity contribution in [2.75, 3.05) is 19.7 Å². The van der Waals surface area contributed by atoms with Gasteiger partial charge in [-0.25, -0.2) is 4.98 Å². The SMILES string of the molecule is O=C(N1CCOC(c2nccs2)C1)C(F)(F)C1(O)CCC1. The van der Waals surface area contributed by atoms with Crippen molar-refractivity contribution < 1.29 is 23.4 Å². The van der Waals surface area contributed by atoms with E-state index in [-0.39, 0.29) is 32.5 Å². The number of aromatic nitrogens is 1. The Bertz CT molecular complexity index is 519. The summed E-state index contributed by atoms with van der Waals surface area (Å²) in [7, 11) is 0. The first kappa shape index (κ1) is 14.8. The summed E-state index contributed by atoms with van der Waals surface area (Å²) in [6.07, 6.45) is 1.58. The van der Waals surface area contributed by atoms with E-state index >= 15 is 0 Å². The number of amides is 1. The molecular weight excluding hydrogens is 302 g/mol. The molecule has 1 aromatic rings. The first-order valence-corrected chi connectivity index (χ1v) is 7.72. The van der Waals surface area contributed by atoms with Gasteiger partial charge in [-0.2, -0.15) is 8.78 Å². The molecule has 0 bridgehead atoms. The second kappa shape index (κ2) is 5.26. The van der Waals surface area contributed by atoms with Crippen molar-refractivity contribution in [3.63, 3.8) is 0 Å². The molecule has 1 unspecified atom stereocenters. The average molecular weight is 318 g/mol. The number of alkyl halides is 2. The number of nitrogens with zero attached hydrogens (tertiary/aromatic N) is 2. The van der Waals surface area contributed by atoms with Gasteiger partial charge in [0.15, 0.2) is 0 Å². The topological polar surface area (TPSA) is 62.7 Å². The maximum Gasteiger partial charge on any atom is 0.352 e. The van der Waals surface area contributed by atoms with Crippen LogP contribution in [0.1, 0.15) is 30.4 Å². The van der Waals surface area contributed by atoms with E-state index < -0.39 is 23.5 Å². The van der Waals surface area contributed by atoms with Crippen LogP contribution in [-0.2, 0) is 9.53 Å². The Hall–Kier alpha value is -1.12. The number of ether oxygens (including phenoxy) is 1. The molecule has 1 aliphatic carbocycles. The molecule has 1 aromatic heterocycles. The van der Waals surface area contributed by atoms with Gasteiger partial charge in [0.25, 0.3) is 5.91 Å². The second-order valence-electron chi connectivity index (χ2n) is 5.44. The van der Waals surface area contributed by atoms with E-state index in [1.165, 1.54) is 11.3 Å². The lowest BCUT2D eigenvalue weighted by molar-refractivity contribution is -0.226. The lowest BCUT2D eigenvalue weighted by Gasteiger charge is -2.44. The van der Waals surface area contributed by atoms with Gasteiger partial charge in [-0.3, -0.25) is 4.79 Å². The number of halogens is 2. The molecular formula is C13H16F2N2O3S. The molecule has 21 heavy (non-hydrogen) atoms. The second-order valence-corrected chi connectivity index (χ2v) is 6.37. The Morgan fingerprint density at radius 3 is 2.90 bits per heavy atom. The maximum absolute atomic E-state index is 14.2. The molecule has 5 nitrogen and oxygen atoms in total. The fourth-order valence-corrected chi connectivity index (χ4v) is 3.28. The van der Waals surface area contributed by atoms with Crippen LogP contribution in [0.4, 0.5) is 8.78 Å². The van der Waals surface area contributed by atoms with E-state index in [2.05, 4.69) is 4.98 Å². The fourth-order valence-electron chi connectivity index (χ4n) is 2.60. The average Bonchev–Trinajstić information content (AvgIpc) is 2.98. The van der Waals surface area contributed by atoms with Gasteiger partial charge in [0.2, 0.25) is 0 Å². The van der Waals surface area contributed by atoms with Crippen LogP contribution in [0.5, 0.6) is 0 Å². The summed E-state index contributed by atoms with van der Waals surface area (Å²) >= 11 is 1.36. The number of carbonyl (C=O) groups excluding carboxylic acids is 1. The molecule has 1 saturated carbocycles. The van der Waals surface area contributed by atoms with Crippen LogP contribution in [0.25, 0.3) is 0 Å². The predicted octanol–water partition coefficient (Wildman–Crippen LogP) is 1.59. The van der Waals surface area contributed by atoms with Crippen molar-refractivity contribution in [2.24, 2.45) is 0 Å². The number of hydrogen-bond acceptors (Lipinski definition) is 5. The van der Waals surface area contributed by atoms with E-state index in [9.17, 15) is 18.7 Å². The Labute approximate surface area is 124 Å². The third-order valence-electron chi connectivity index (χ3n) is 4.11. The summed E-state index contributed by atoms with van der Waals surface area (Å²) in [5, 5.41) is 12.3. The van der Waals surface area contributed by atoms with Crippen LogP contribution < -0.4 is 0 Å². The Balaban J connectivity index is 1.72. The monoisotopic (exact) mass is 318 g/mol. The number of aliphatic hydroxyl groups is 1. The highest BCUT2D eigenvalue weighted by Gasteiger charge is 2.62. The summed E-state index contributed by atoms with van der Waals surface area (Å²) in [5.41, 5.74) is -2.18. The summed E-state index contributed by atoms with van der Waals surface area (Å²) in [6.45, 7) is 0.328. The molecule has 1 atom stereocenters. The summed E-state index contributed by atoms with van der Waals surface area (Å²) < 4.78 is 33.9. The molecule has 3 rings (SSSR count). The van der Waals surface area contributed by atoms with Gasteiger partial charge in [0, 0.05) is 18.1 Å². The molecule has 0 radical (unpaired) electrons. The third kappa shape index (κ3) is 2.45. The largest absolute Gasteiger partial charge is 0.383 e. The van der Waals surface area contributed by atoms with Crippen LogP contribution >= 0.6 is 11.3 Å². The molecule has 1 saturated heterocycles. The smallest absolute Gasteiger partial charge is 0.352 e. The molecule has 116 valence electrons. The maximum atomic E-state index is 14.2. The van der Waals surface area contributed by atoms with Gasteiger partial charge in [-0.15, -0.1) is 11.3 Å². The summed E-state index contributed by atoms with van der Waals surface area (Å²) in [5.74, 6) is -5.05. The van der Waals surface area contributed by atoms with E-state index in [1.54, 1.807) is 11.6 Å². The van der Waals surface area contributed by atoms with Gasteiger partial charge in [-0.1, -0.05) is 0 Å². The minimum Gasteiger partial charge on any atom is -0.383 e. The first-order chi connectivity index (χ1) is 9.94. The Morgan fingerprint density at radius 1 is 1.57 bits per heavy atom. The van der Waals surface area contributed by atoms with Crippen LogP contribution in [0.3, 0.4) is 0 Å². The molecule has 2 heterocycles. The molecule has 2 aliphatic rings. The van der Waals surface area contributed by atoms with Crippen molar-refractivity contribution in [3.8, 4) is 0 Å². The molecule has 1 amide bonds. The highest BCUT2D eigenvalue weighted by atomic mass is 32.1. The van der Waals surface area contributed by atoms with E-state index in [0.29, 0.717) is 11.4 Å². The first-order valence-electron chi connectivity index (χ1n) is 6.85. The van der Waals surface area contributed by atoms with Crippen LogP contribution in [0.2, 0.25) is 0 Å². The van der Waals surface area contributed by atoms with Crippen molar-refractivity contribution in [3.05, 3.63) is 16.6 Å². The molecule has 0 spiro atoms. The molecule has 2 fully saturated rings. The molecule has 1 N–H and O–H groups in total. The molecule has 1 aliphatic heterocycles.